The van der Waals surface area contributed by atoms with Crippen LogP contribution in [-0.2, 0) is 13.1 Å². The van der Waals surface area contributed by atoms with Gasteiger partial charge in [-0.3, -0.25) is 9.89 Å². The van der Waals surface area contributed by atoms with Crippen LogP contribution in [0.5, 0.6) is 0 Å². The first-order valence-electron chi connectivity index (χ1n) is 8.34. The molecule has 0 bridgehead atoms. The van der Waals surface area contributed by atoms with Gasteiger partial charge in [0.05, 0.1) is 18.8 Å². The van der Waals surface area contributed by atoms with Crippen molar-refractivity contribution in [2.45, 2.75) is 13.1 Å². The van der Waals surface area contributed by atoms with E-state index in [0.717, 1.165) is 11.3 Å². The van der Waals surface area contributed by atoms with E-state index in [2.05, 4.69) is 20.8 Å². The highest BCUT2D eigenvalue weighted by atomic mass is 19.1. The average molecular weight is 365 g/mol. The summed E-state index contributed by atoms with van der Waals surface area (Å²) in [5, 5.41) is 12.5. The highest BCUT2D eigenvalue weighted by Crippen LogP contribution is 2.28. The van der Waals surface area contributed by atoms with E-state index in [-0.39, 0.29) is 6.03 Å². The van der Waals surface area contributed by atoms with Crippen LogP contribution in [0.3, 0.4) is 0 Å². The Hall–Kier alpha value is -3.68. The zero-order valence-electron chi connectivity index (χ0n) is 14.2. The number of aromatic nitrogens is 2. The normalized spacial score (nSPS) is 12.6. The van der Waals surface area contributed by atoms with Gasteiger partial charge in [-0.2, -0.15) is 5.10 Å². The lowest BCUT2D eigenvalue weighted by Gasteiger charge is -2.16. The van der Waals surface area contributed by atoms with Crippen LogP contribution in [0.4, 0.5) is 20.7 Å². The summed E-state index contributed by atoms with van der Waals surface area (Å²) in [5.41, 5.74) is 2.56. The monoisotopic (exact) mass is 365 g/mol. The largest absolute Gasteiger partial charge is 0.322 e. The van der Waals surface area contributed by atoms with Gasteiger partial charge in [0, 0.05) is 16.8 Å². The van der Waals surface area contributed by atoms with Gasteiger partial charge in [0.1, 0.15) is 5.82 Å². The van der Waals surface area contributed by atoms with E-state index in [9.17, 15) is 14.0 Å². The molecule has 0 radical (unpaired) electrons. The molecule has 3 N–H and O–H groups in total. The number of hydrogen-bond acceptors (Lipinski definition) is 3. The Morgan fingerprint density at radius 3 is 2.48 bits per heavy atom. The number of urea groups is 1. The number of carbonyl (C=O) groups is 2. The van der Waals surface area contributed by atoms with Gasteiger partial charge < -0.3 is 15.5 Å². The summed E-state index contributed by atoms with van der Waals surface area (Å²) in [5.74, 6) is -0.432. The van der Waals surface area contributed by atoms with Crippen molar-refractivity contribution in [1.29, 1.82) is 0 Å². The first kappa shape index (κ1) is 16.8. The van der Waals surface area contributed by atoms with Crippen LogP contribution in [0, 0.1) is 5.82 Å². The Morgan fingerprint density at radius 2 is 1.74 bits per heavy atom. The topological polar surface area (TPSA) is 90.1 Å². The van der Waals surface area contributed by atoms with Gasteiger partial charge in [0.15, 0.2) is 5.82 Å². The molecule has 2 heterocycles. The molecule has 2 aromatic carbocycles. The minimum absolute atomic E-state index is 0.235. The second kappa shape index (κ2) is 6.91. The number of nitrogens with one attached hydrogen (secondary N) is 3. The molecule has 0 atom stereocenters. The standard InChI is InChI=1S/C19H16FN5O2/c20-13-8-6-12(7-9-13)18(26)22-17-15-10-25(11-16(15)23-24-17)19(27)21-14-4-2-1-3-5-14/h1-9H,10-11H2,(H,21,27)(H2,22,23,24,26). The summed E-state index contributed by atoms with van der Waals surface area (Å²) < 4.78 is 13.0. The highest BCUT2D eigenvalue weighted by Gasteiger charge is 2.29. The number of amides is 3. The van der Waals surface area contributed by atoms with Crippen molar-refractivity contribution < 1.29 is 14.0 Å². The maximum Gasteiger partial charge on any atom is 0.322 e. The molecule has 3 aromatic rings. The molecule has 0 unspecified atom stereocenters. The lowest BCUT2D eigenvalue weighted by molar-refractivity contribution is 0.102. The molecule has 27 heavy (non-hydrogen) atoms. The molecule has 1 aromatic heterocycles. The summed E-state index contributed by atoms with van der Waals surface area (Å²) in [4.78, 5) is 26.3. The number of fused-ring (bicyclic) bond motifs is 1. The smallest absolute Gasteiger partial charge is 0.314 e. The molecule has 3 amide bonds. The van der Waals surface area contributed by atoms with E-state index in [1.165, 1.54) is 24.3 Å². The maximum atomic E-state index is 13.0. The number of para-hydroxylation sites is 1. The van der Waals surface area contributed by atoms with Crippen LogP contribution < -0.4 is 10.6 Å². The Morgan fingerprint density at radius 1 is 1.00 bits per heavy atom. The zero-order chi connectivity index (χ0) is 18.8. The fraction of sp³-hybridized carbons (Fsp3) is 0.105. The SMILES string of the molecule is O=C(Nc1n[nH]c2c1CN(C(=O)Nc1ccccc1)C2)c1ccc(F)cc1. The molecule has 0 fully saturated rings. The van der Waals surface area contributed by atoms with Crippen molar-refractivity contribution in [1.82, 2.24) is 15.1 Å². The number of hydrogen-bond donors (Lipinski definition) is 3. The van der Waals surface area contributed by atoms with Crippen molar-refractivity contribution in [2.75, 3.05) is 10.6 Å². The Bertz CT molecular complexity index is 985. The lowest BCUT2D eigenvalue weighted by Crippen LogP contribution is -2.30. The van der Waals surface area contributed by atoms with Crippen LogP contribution in [-0.4, -0.2) is 27.0 Å². The molecule has 8 heteroatoms. The molecule has 0 saturated heterocycles. The van der Waals surface area contributed by atoms with Gasteiger partial charge in [0.2, 0.25) is 0 Å². The summed E-state index contributed by atoms with van der Waals surface area (Å²) in [6.07, 6.45) is 0. The molecule has 4 rings (SSSR count). The minimum Gasteiger partial charge on any atom is -0.314 e. The van der Waals surface area contributed by atoms with Gasteiger partial charge in [-0.1, -0.05) is 18.2 Å². The van der Waals surface area contributed by atoms with E-state index < -0.39 is 11.7 Å². The number of aromatic amines is 1. The van der Waals surface area contributed by atoms with Gasteiger partial charge in [-0.25, -0.2) is 9.18 Å². The molecule has 1 aliphatic rings. The van der Waals surface area contributed by atoms with E-state index in [0.29, 0.717) is 30.2 Å². The number of anilines is 2. The first-order valence-corrected chi connectivity index (χ1v) is 8.34. The molecule has 7 nitrogen and oxygen atoms in total. The van der Waals surface area contributed by atoms with E-state index in [1.807, 2.05) is 30.3 Å². The quantitative estimate of drug-likeness (QED) is 0.665. The van der Waals surface area contributed by atoms with Crippen molar-refractivity contribution in [3.05, 3.63) is 77.2 Å². The molecule has 136 valence electrons. The van der Waals surface area contributed by atoms with Crippen molar-refractivity contribution >= 4 is 23.4 Å². The van der Waals surface area contributed by atoms with Crippen LogP contribution in [0.2, 0.25) is 0 Å². The minimum atomic E-state index is -0.410. The third-order valence-electron chi connectivity index (χ3n) is 4.30. The summed E-state index contributed by atoms with van der Waals surface area (Å²) in [6.45, 7) is 0.691. The Labute approximate surface area is 154 Å². The molecular weight excluding hydrogens is 349 g/mol. The van der Waals surface area contributed by atoms with Gasteiger partial charge in [0.25, 0.3) is 5.91 Å². The summed E-state index contributed by atoms with van der Waals surface area (Å²) >= 11 is 0. The van der Waals surface area contributed by atoms with E-state index >= 15 is 0 Å². The number of nitrogens with zero attached hydrogens (tertiary/aromatic N) is 2. The molecule has 1 aliphatic heterocycles. The van der Waals surface area contributed by atoms with Crippen LogP contribution in [0.15, 0.2) is 54.6 Å². The van der Waals surface area contributed by atoms with Gasteiger partial charge in [-0.15, -0.1) is 0 Å². The maximum absolute atomic E-state index is 13.0. The van der Waals surface area contributed by atoms with E-state index in [1.54, 1.807) is 4.90 Å². The third-order valence-corrected chi connectivity index (χ3v) is 4.30. The summed E-state index contributed by atoms with van der Waals surface area (Å²) in [7, 11) is 0. The van der Waals surface area contributed by atoms with Crippen LogP contribution >= 0.6 is 0 Å². The van der Waals surface area contributed by atoms with E-state index in [4.69, 9.17) is 0 Å². The Balaban J connectivity index is 1.43. The first-order chi connectivity index (χ1) is 13.1. The van der Waals surface area contributed by atoms with Crippen molar-refractivity contribution in [3.8, 4) is 0 Å². The summed E-state index contributed by atoms with van der Waals surface area (Å²) in [6, 6.07) is 14.2. The number of halogens is 1. The molecule has 0 aliphatic carbocycles. The number of rotatable bonds is 3. The predicted octanol–water partition coefficient (Wildman–Crippen LogP) is 3.35. The van der Waals surface area contributed by atoms with Gasteiger partial charge in [-0.05, 0) is 36.4 Å². The van der Waals surface area contributed by atoms with Gasteiger partial charge >= 0.3 is 6.03 Å². The number of benzene rings is 2. The van der Waals surface area contributed by atoms with Crippen LogP contribution in [0.25, 0.3) is 0 Å². The molecule has 0 spiro atoms. The Kier molecular flexibility index (Phi) is 4.29. The lowest BCUT2D eigenvalue weighted by atomic mass is 10.2. The average Bonchev–Trinajstić information content (AvgIpc) is 3.25. The second-order valence-electron chi connectivity index (χ2n) is 6.14. The fourth-order valence-electron chi connectivity index (χ4n) is 2.89. The number of carbonyl (C=O) groups excluding carboxylic acids is 2. The predicted molar refractivity (Wildman–Crippen MR) is 97.6 cm³/mol. The highest BCUT2D eigenvalue weighted by molar-refractivity contribution is 6.04. The zero-order valence-corrected chi connectivity index (χ0v) is 14.2. The molecule has 0 saturated carbocycles. The number of H-pyrrole nitrogens is 1. The fourth-order valence-corrected chi connectivity index (χ4v) is 2.89. The van der Waals surface area contributed by atoms with Crippen molar-refractivity contribution in [2.24, 2.45) is 0 Å². The van der Waals surface area contributed by atoms with Crippen LogP contribution in [0.1, 0.15) is 21.6 Å². The third kappa shape index (κ3) is 3.50. The second-order valence-corrected chi connectivity index (χ2v) is 6.14. The van der Waals surface area contributed by atoms with Crippen molar-refractivity contribution in [3.63, 3.8) is 0 Å². The molecular formula is C19H16FN5O2.